The predicted octanol–water partition coefficient (Wildman–Crippen LogP) is 3.68. The molecule has 2 nitrogen and oxygen atoms in total. The maximum Gasteiger partial charge on any atom is 0.194 e. The molecule has 86 valence electrons. The number of carbonyl (C=O) groups excluding carboxylic acids is 1. The highest BCUT2D eigenvalue weighted by atomic mass is 16.5. The van der Waals surface area contributed by atoms with Crippen LogP contribution in [0.3, 0.4) is 0 Å². The molecule has 0 atom stereocenters. The van der Waals surface area contributed by atoms with Crippen molar-refractivity contribution in [2.24, 2.45) is 0 Å². The van der Waals surface area contributed by atoms with Crippen molar-refractivity contribution in [2.75, 3.05) is 0 Å². The summed E-state index contributed by atoms with van der Waals surface area (Å²) in [5.41, 5.74) is 1.04. The molecule has 0 bridgehead atoms. The smallest absolute Gasteiger partial charge is 0.194 e. The molecule has 1 aliphatic carbocycles. The van der Waals surface area contributed by atoms with Gasteiger partial charge in [-0.05, 0) is 37.5 Å². The van der Waals surface area contributed by atoms with Crippen LogP contribution in [0, 0.1) is 0 Å². The molecule has 0 amide bonds. The average molecular weight is 218 g/mol. The fraction of sp³-hybridized carbons (Fsp3) is 0.357. The van der Waals surface area contributed by atoms with E-state index in [1.165, 1.54) is 6.92 Å². The molecule has 2 heteroatoms. The van der Waals surface area contributed by atoms with E-state index in [0.29, 0.717) is 5.76 Å². The third-order valence-electron chi connectivity index (χ3n) is 2.25. The summed E-state index contributed by atoms with van der Waals surface area (Å²) in [5.74, 6) is 1.14. The van der Waals surface area contributed by atoms with Gasteiger partial charge in [-0.2, -0.15) is 0 Å². The SMILES string of the molecule is CC/C=C(/OC1=C(C)C=CCC=C1)C(C)=O. The van der Waals surface area contributed by atoms with Gasteiger partial charge in [-0.25, -0.2) is 0 Å². The van der Waals surface area contributed by atoms with Crippen LogP contribution in [0.15, 0.2) is 47.5 Å². The van der Waals surface area contributed by atoms with Gasteiger partial charge < -0.3 is 4.74 Å². The molecule has 0 spiro atoms. The van der Waals surface area contributed by atoms with Crippen molar-refractivity contribution in [1.82, 2.24) is 0 Å². The highest BCUT2D eigenvalue weighted by Gasteiger charge is 2.08. The van der Waals surface area contributed by atoms with Crippen LogP contribution in [-0.4, -0.2) is 5.78 Å². The first-order valence-corrected chi connectivity index (χ1v) is 5.58. The van der Waals surface area contributed by atoms with E-state index >= 15 is 0 Å². The molecule has 0 aliphatic heterocycles. The Balaban J connectivity index is 2.90. The second-order valence-corrected chi connectivity index (χ2v) is 3.72. The normalized spacial score (nSPS) is 16.3. The van der Waals surface area contributed by atoms with Gasteiger partial charge in [-0.15, -0.1) is 0 Å². The highest BCUT2D eigenvalue weighted by Crippen LogP contribution is 2.18. The second kappa shape index (κ2) is 6.11. The van der Waals surface area contributed by atoms with E-state index in [9.17, 15) is 4.79 Å². The van der Waals surface area contributed by atoms with Crippen LogP contribution in [0.1, 0.15) is 33.6 Å². The summed E-state index contributed by atoms with van der Waals surface area (Å²) in [4.78, 5) is 11.3. The molecule has 0 fully saturated rings. The van der Waals surface area contributed by atoms with Crippen LogP contribution < -0.4 is 0 Å². The Labute approximate surface area is 97.0 Å². The number of hydrogen-bond acceptors (Lipinski definition) is 2. The van der Waals surface area contributed by atoms with E-state index < -0.39 is 0 Å². The third-order valence-corrected chi connectivity index (χ3v) is 2.25. The maximum absolute atomic E-state index is 11.3. The molecule has 1 aliphatic rings. The van der Waals surface area contributed by atoms with Crippen LogP contribution in [0.5, 0.6) is 0 Å². The first kappa shape index (κ1) is 12.5. The predicted molar refractivity (Wildman–Crippen MR) is 65.7 cm³/mol. The number of carbonyl (C=O) groups is 1. The van der Waals surface area contributed by atoms with E-state index in [4.69, 9.17) is 4.74 Å². The number of hydrogen-bond donors (Lipinski definition) is 0. The zero-order valence-corrected chi connectivity index (χ0v) is 10.1. The van der Waals surface area contributed by atoms with E-state index in [0.717, 1.165) is 24.2 Å². The van der Waals surface area contributed by atoms with Gasteiger partial charge in [0.1, 0.15) is 5.76 Å². The Morgan fingerprint density at radius 2 is 2.12 bits per heavy atom. The van der Waals surface area contributed by atoms with Crippen molar-refractivity contribution in [3.8, 4) is 0 Å². The third kappa shape index (κ3) is 3.54. The fourth-order valence-electron chi connectivity index (χ4n) is 1.39. The van der Waals surface area contributed by atoms with Gasteiger partial charge in [0.05, 0.1) is 0 Å². The second-order valence-electron chi connectivity index (χ2n) is 3.72. The lowest BCUT2D eigenvalue weighted by Gasteiger charge is -2.09. The summed E-state index contributed by atoms with van der Waals surface area (Å²) >= 11 is 0. The minimum Gasteiger partial charge on any atom is -0.454 e. The van der Waals surface area contributed by atoms with Crippen molar-refractivity contribution in [3.05, 3.63) is 47.5 Å². The van der Waals surface area contributed by atoms with Crippen molar-refractivity contribution in [3.63, 3.8) is 0 Å². The Bertz CT molecular complexity index is 382. The molecule has 0 aromatic heterocycles. The summed E-state index contributed by atoms with van der Waals surface area (Å²) in [6, 6.07) is 0. The number of rotatable bonds is 4. The summed E-state index contributed by atoms with van der Waals surface area (Å²) in [5, 5.41) is 0. The van der Waals surface area contributed by atoms with E-state index in [2.05, 4.69) is 6.08 Å². The molecule has 0 saturated carbocycles. The lowest BCUT2D eigenvalue weighted by molar-refractivity contribution is -0.116. The molecule has 0 N–H and O–H groups in total. The van der Waals surface area contributed by atoms with Gasteiger partial charge in [0.25, 0.3) is 0 Å². The maximum atomic E-state index is 11.3. The van der Waals surface area contributed by atoms with Crippen LogP contribution >= 0.6 is 0 Å². The van der Waals surface area contributed by atoms with Gasteiger partial charge in [-0.3, -0.25) is 4.79 Å². The Morgan fingerprint density at radius 3 is 2.75 bits per heavy atom. The molecular weight excluding hydrogens is 200 g/mol. The lowest BCUT2D eigenvalue weighted by atomic mass is 10.2. The van der Waals surface area contributed by atoms with Crippen LogP contribution in [0.2, 0.25) is 0 Å². The Morgan fingerprint density at radius 1 is 1.44 bits per heavy atom. The van der Waals surface area contributed by atoms with Crippen molar-refractivity contribution < 1.29 is 9.53 Å². The van der Waals surface area contributed by atoms with Crippen LogP contribution in [-0.2, 0) is 9.53 Å². The lowest BCUT2D eigenvalue weighted by Crippen LogP contribution is -2.02. The number of ketones is 1. The van der Waals surface area contributed by atoms with Gasteiger partial charge >= 0.3 is 0 Å². The molecular formula is C14H18O2. The summed E-state index contributed by atoms with van der Waals surface area (Å²) in [7, 11) is 0. The minimum absolute atomic E-state index is 0.0382. The van der Waals surface area contributed by atoms with Crippen molar-refractivity contribution in [2.45, 2.75) is 33.6 Å². The molecule has 0 heterocycles. The van der Waals surface area contributed by atoms with Crippen molar-refractivity contribution in [1.29, 1.82) is 0 Å². The van der Waals surface area contributed by atoms with Gasteiger partial charge in [0.15, 0.2) is 11.5 Å². The largest absolute Gasteiger partial charge is 0.454 e. The molecule has 0 saturated heterocycles. The van der Waals surface area contributed by atoms with E-state index in [1.807, 2.05) is 38.2 Å². The van der Waals surface area contributed by atoms with Gasteiger partial charge in [0.2, 0.25) is 0 Å². The first-order valence-electron chi connectivity index (χ1n) is 5.58. The number of allylic oxidation sites excluding steroid dienone is 7. The molecule has 16 heavy (non-hydrogen) atoms. The number of ether oxygens (including phenoxy) is 1. The summed E-state index contributed by atoms with van der Waals surface area (Å²) in [6.45, 7) is 5.48. The first-order chi connectivity index (χ1) is 7.65. The quantitative estimate of drug-likeness (QED) is 0.531. The molecule has 0 aromatic rings. The zero-order chi connectivity index (χ0) is 12.0. The topological polar surface area (TPSA) is 26.3 Å². The molecule has 0 aromatic carbocycles. The fourth-order valence-corrected chi connectivity index (χ4v) is 1.39. The van der Waals surface area contributed by atoms with Crippen LogP contribution in [0.25, 0.3) is 0 Å². The zero-order valence-electron chi connectivity index (χ0n) is 10.1. The monoisotopic (exact) mass is 218 g/mol. The summed E-state index contributed by atoms with van der Waals surface area (Å²) in [6.07, 6.45) is 11.5. The number of Topliss-reactive ketones (excluding diaryl/α,β-unsaturated/α-hetero) is 1. The highest BCUT2D eigenvalue weighted by molar-refractivity contribution is 5.91. The Hall–Kier alpha value is -1.57. The minimum atomic E-state index is -0.0382. The average Bonchev–Trinajstić information content (AvgIpc) is 2.43. The van der Waals surface area contributed by atoms with Crippen molar-refractivity contribution >= 4 is 5.78 Å². The Kier molecular flexibility index (Phi) is 4.77. The van der Waals surface area contributed by atoms with E-state index in [-0.39, 0.29) is 5.78 Å². The van der Waals surface area contributed by atoms with Gasteiger partial charge in [-0.1, -0.05) is 25.2 Å². The van der Waals surface area contributed by atoms with Gasteiger partial charge in [0, 0.05) is 6.92 Å². The standard InChI is InChI=1S/C14H18O2/c1-4-8-14(12(3)15)16-13-10-7-5-6-9-11(13)2/h6-10H,4-5H2,1-3H3/b14-8+. The molecule has 1 rings (SSSR count). The van der Waals surface area contributed by atoms with E-state index in [1.54, 1.807) is 0 Å². The molecule has 0 radical (unpaired) electrons. The molecule has 0 unspecified atom stereocenters. The van der Waals surface area contributed by atoms with Crippen LogP contribution in [0.4, 0.5) is 0 Å². The summed E-state index contributed by atoms with van der Waals surface area (Å²) < 4.78 is 5.64.